The van der Waals surface area contributed by atoms with Crippen molar-refractivity contribution in [1.29, 1.82) is 0 Å². The van der Waals surface area contributed by atoms with Gasteiger partial charge in [-0.05, 0) is 48.8 Å². The molecule has 1 heterocycles. The van der Waals surface area contributed by atoms with E-state index >= 15 is 0 Å². The van der Waals surface area contributed by atoms with Gasteiger partial charge in [-0.15, -0.1) is 0 Å². The number of azide groups is 1. The molecular weight excluding hydrogens is 258 g/mol. The summed E-state index contributed by atoms with van der Waals surface area (Å²) in [7, 11) is -1.71. The second-order valence-electron chi connectivity index (χ2n) is 6.72. The topological polar surface area (TPSA) is 67.2 Å². The van der Waals surface area contributed by atoms with Crippen molar-refractivity contribution in [3.8, 4) is 0 Å². The smallest absolute Gasteiger partial charge is 0.189 e. The van der Waals surface area contributed by atoms with Crippen molar-refractivity contribution in [2.24, 2.45) is 17.0 Å². The van der Waals surface area contributed by atoms with Crippen LogP contribution in [0.25, 0.3) is 10.4 Å². The second-order valence-corrected chi connectivity index (χ2v) is 11.3. The standard InChI is InChI=1S/C13H25N3O2Si/c1-9(2)19(3,4)18-13-6-11-8-17-7-10(11)5-12(13)15-16-14/h9-13H,5-8H2,1-4H3/t10-,11+,12+,13+/m0/s1. The molecule has 2 rings (SSSR count). The first-order valence-corrected chi connectivity index (χ1v) is 10.2. The van der Waals surface area contributed by atoms with Crippen molar-refractivity contribution in [2.45, 2.75) is 57.5 Å². The van der Waals surface area contributed by atoms with Gasteiger partial charge in [-0.3, -0.25) is 0 Å². The third-order valence-corrected chi connectivity index (χ3v) is 8.58. The van der Waals surface area contributed by atoms with Gasteiger partial charge >= 0.3 is 0 Å². The zero-order valence-electron chi connectivity index (χ0n) is 12.4. The Labute approximate surface area is 116 Å². The van der Waals surface area contributed by atoms with Crippen LogP contribution in [0.2, 0.25) is 18.6 Å². The average molecular weight is 283 g/mol. The summed E-state index contributed by atoms with van der Waals surface area (Å²) in [6.07, 6.45) is 1.99. The molecule has 1 saturated carbocycles. The first-order chi connectivity index (χ1) is 8.94. The van der Waals surface area contributed by atoms with Gasteiger partial charge in [0.2, 0.25) is 0 Å². The molecule has 1 aliphatic carbocycles. The molecule has 0 N–H and O–H groups in total. The molecular formula is C13H25N3O2Si. The Balaban J connectivity index is 2.09. The highest BCUT2D eigenvalue weighted by molar-refractivity contribution is 6.72. The Bertz CT molecular complexity index is 369. The largest absolute Gasteiger partial charge is 0.414 e. The van der Waals surface area contributed by atoms with E-state index in [9.17, 15) is 0 Å². The van der Waals surface area contributed by atoms with Crippen LogP contribution in [-0.4, -0.2) is 33.7 Å². The molecule has 0 bridgehead atoms. The van der Waals surface area contributed by atoms with Crippen molar-refractivity contribution in [2.75, 3.05) is 13.2 Å². The summed E-state index contributed by atoms with van der Waals surface area (Å²) in [6, 6.07) is -0.0153. The van der Waals surface area contributed by atoms with E-state index in [-0.39, 0.29) is 12.1 Å². The maximum atomic E-state index is 8.77. The van der Waals surface area contributed by atoms with Gasteiger partial charge in [0.25, 0.3) is 0 Å². The van der Waals surface area contributed by atoms with Crippen molar-refractivity contribution in [3.63, 3.8) is 0 Å². The van der Waals surface area contributed by atoms with Gasteiger partial charge in [-0.25, -0.2) is 0 Å². The Morgan fingerprint density at radius 2 is 1.89 bits per heavy atom. The van der Waals surface area contributed by atoms with E-state index in [1.807, 2.05) is 0 Å². The van der Waals surface area contributed by atoms with Gasteiger partial charge in [0.15, 0.2) is 8.32 Å². The second kappa shape index (κ2) is 5.83. The van der Waals surface area contributed by atoms with E-state index in [0.717, 1.165) is 26.1 Å². The molecule has 2 aliphatic rings. The fourth-order valence-electron chi connectivity index (χ4n) is 2.92. The lowest BCUT2D eigenvalue weighted by Crippen LogP contribution is -2.47. The van der Waals surface area contributed by atoms with E-state index in [4.69, 9.17) is 14.7 Å². The highest BCUT2D eigenvalue weighted by Gasteiger charge is 2.43. The number of fused-ring (bicyclic) bond motifs is 1. The summed E-state index contributed by atoms with van der Waals surface area (Å²) < 4.78 is 12.0. The van der Waals surface area contributed by atoms with Crippen LogP contribution in [0, 0.1) is 11.8 Å². The maximum Gasteiger partial charge on any atom is 0.189 e. The summed E-state index contributed by atoms with van der Waals surface area (Å²) in [5, 5.41) is 3.99. The van der Waals surface area contributed by atoms with Crippen molar-refractivity contribution < 1.29 is 9.16 Å². The molecule has 0 radical (unpaired) electrons. The predicted molar refractivity (Wildman–Crippen MR) is 77.4 cm³/mol. The van der Waals surface area contributed by atoms with E-state index in [1.54, 1.807) is 0 Å². The third kappa shape index (κ3) is 3.31. The molecule has 6 heteroatoms. The Kier molecular flexibility index (Phi) is 4.56. The minimum absolute atomic E-state index is 0.0153. The Morgan fingerprint density at radius 1 is 1.26 bits per heavy atom. The van der Waals surface area contributed by atoms with E-state index in [0.29, 0.717) is 17.4 Å². The molecule has 0 aromatic carbocycles. The fraction of sp³-hybridized carbons (Fsp3) is 1.00. The Morgan fingerprint density at radius 3 is 2.47 bits per heavy atom. The monoisotopic (exact) mass is 283 g/mol. The van der Waals surface area contributed by atoms with Crippen molar-refractivity contribution in [3.05, 3.63) is 10.4 Å². The van der Waals surface area contributed by atoms with E-state index in [2.05, 4.69) is 37.0 Å². The molecule has 0 amide bonds. The number of rotatable bonds is 4. The van der Waals surface area contributed by atoms with Crippen LogP contribution in [0.1, 0.15) is 26.7 Å². The predicted octanol–water partition coefficient (Wildman–Crippen LogP) is 3.72. The van der Waals surface area contributed by atoms with Crippen LogP contribution in [0.5, 0.6) is 0 Å². The number of hydrogen-bond acceptors (Lipinski definition) is 3. The van der Waals surface area contributed by atoms with Crippen LogP contribution in [0.4, 0.5) is 0 Å². The quantitative estimate of drug-likeness (QED) is 0.341. The molecule has 4 atom stereocenters. The number of nitrogens with zero attached hydrogens (tertiary/aromatic N) is 3. The molecule has 19 heavy (non-hydrogen) atoms. The first-order valence-electron chi connectivity index (χ1n) is 7.23. The number of ether oxygens (including phenoxy) is 1. The zero-order valence-corrected chi connectivity index (χ0v) is 13.4. The van der Waals surface area contributed by atoms with Gasteiger partial charge in [-0.1, -0.05) is 19.0 Å². The summed E-state index contributed by atoms with van der Waals surface area (Å²) in [4.78, 5) is 3.02. The van der Waals surface area contributed by atoms with Crippen molar-refractivity contribution >= 4 is 8.32 Å². The van der Waals surface area contributed by atoms with Crippen LogP contribution in [0.15, 0.2) is 5.11 Å². The van der Waals surface area contributed by atoms with Gasteiger partial charge in [0.1, 0.15) is 0 Å². The summed E-state index contributed by atoms with van der Waals surface area (Å²) >= 11 is 0. The SMILES string of the molecule is CC(C)[Si](C)(C)O[C@@H]1C[C@@H]2COC[C@@H]2C[C@H]1N=[N+]=[N-]. The van der Waals surface area contributed by atoms with Crippen LogP contribution in [-0.2, 0) is 9.16 Å². The molecule has 0 unspecified atom stereocenters. The van der Waals surface area contributed by atoms with Gasteiger partial charge < -0.3 is 9.16 Å². The van der Waals surface area contributed by atoms with E-state index in [1.165, 1.54) is 0 Å². The molecule has 0 aromatic heterocycles. The van der Waals surface area contributed by atoms with E-state index < -0.39 is 8.32 Å². The fourth-order valence-corrected chi connectivity index (χ4v) is 4.23. The number of hydrogen-bond donors (Lipinski definition) is 0. The summed E-state index contributed by atoms with van der Waals surface area (Å²) in [5.74, 6) is 1.14. The lowest BCUT2D eigenvalue weighted by Gasteiger charge is -2.40. The van der Waals surface area contributed by atoms with Gasteiger partial charge in [0.05, 0.1) is 12.1 Å². The maximum absolute atomic E-state index is 8.77. The van der Waals surface area contributed by atoms with Crippen LogP contribution in [0.3, 0.4) is 0 Å². The lowest BCUT2D eigenvalue weighted by molar-refractivity contribution is 0.0774. The average Bonchev–Trinajstić information content (AvgIpc) is 2.76. The summed E-state index contributed by atoms with van der Waals surface area (Å²) in [6.45, 7) is 10.6. The normalized spacial score (nSPS) is 35.0. The van der Waals surface area contributed by atoms with Crippen LogP contribution >= 0.6 is 0 Å². The van der Waals surface area contributed by atoms with Crippen LogP contribution < -0.4 is 0 Å². The molecule has 0 spiro atoms. The Hall–Kier alpha value is -0.553. The van der Waals surface area contributed by atoms with Gasteiger partial charge in [0, 0.05) is 18.1 Å². The molecule has 0 aromatic rings. The van der Waals surface area contributed by atoms with Gasteiger partial charge in [-0.2, -0.15) is 0 Å². The third-order valence-electron chi connectivity index (χ3n) is 4.88. The lowest BCUT2D eigenvalue weighted by atomic mass is 9.78. The molecule has 5 nitrogen and oxygen atoms in total. The molecule has 108 valence electrons. The summed E-state index contributed by atoms with van der Waals surface area (Å²) in [5.41, 5.74) is 9.33. The zero-order chi connectivity index (χ0) is 14.0. The molecule has 1 saturated heterocycles. The highest BCUT2D eigenvalue weighted by atomic mass is 28.4. The highest BCUT2D eigenvalue weighted by Crippen LogP contribution is 2.39. The molecule has 1 aliphatic heterocycles. The minimum atomic E-state index is -1.71. The minimum Gasteiger partial charge on any atom is -0.414 e. The molecule has 2 fully saturated rings. The first kappa shape index (κ1) is 14.8. The van der Waals surface area contributed by atoms with Crippen molar-refractivity contribution in [1.82, 2.24) is 0 Å².